The standard InChI is InChI=1S/C62H102N4O47/c1-15(74)64-30-20(79)6-62(60(96)97,112-49(30)37(85)25(10-70)110-61(59(94)95)5-19(78)29(63)48(111-61)33(81)21(80)14-98-18(4)77)113-52-36(84)24(9-69)102-58(44(52)92)106-46-28(13-73)104-55(32(39(46)87)66-17(3)76)108-50-34(82)22(7-67)100-56(42(50)90)105-45-27(12-72)103-54(31(38(45)86)65-16(2)75)109-51-35(83)23(8-68)101-57(43(51)91)107-47-26(11-71)99-53(93)41(89)40(47)88/h19-58,67-73,78-93H,5-14,63H2,1-4H3,(H,64,74)(H,65,75)(H,66,76)(H,94,95)(H,96,97)/t19-,20-,21+,22+,23+,24+,25+,26+,27+,28+,29+,30+,31+,32+,33+,34-,35-,36-,37+,38+,39+,40+,41+,42+,43+,44+,45+,46+,47+,48+,49+,50-,51-,52-,53+,54-,55-,56-,57-,58-,61+,62-/m0/s1. The van der Waals surface area contributed by atoms with E-state index >= 15 is 0 Å². The largest absolute Gasteiger partial charge is 0.477 e. The number of carboxylic acids is 2. The summed E-state index contributed by atoms with van der Waals surface area (Å²) in [6.45, 7) is -5.72. The number of carbonyl (C=O) groups excluding carboxylic acids is 4. The lowest BCUT2D eigenvalue weighted by atomic mass is 9.87. The van der Waals surface area contributed by atoms with Crippen molar-refractivity contribution in [2.75, 3.05) is 52.9 Å². The van der Waals surface area contributed by atoms with Crippen molar-refractivity contribution in [2.45, 2.75) is 297 Å². The number of amides is 3. The predicted octanol–water partition coefficient (Wildman–Crippen LogP) is -19.1. The molecule has 8 aliphatic rings. The SMILES string of the molecule is CC(=O)N[C@H]1[C@H](O[C@H]2[C@@H](O)[C@@H](CO)O[C@@H](O[C@H]3[C@H](O)[C@@H](O)[C@H](O)O[C@@H]3CO)[C@@H]2O)O[C@H](CO)[C@@H](O[C@@H]2O[C@H](CO)[C@H](O)[C@H](O[C@@H]3O[C@H](CO)[C@@H](O[C@@H]4O[C@H](CO)[C@H](O)[C@H](O[C@]5(C(=O)O)C[C@H](O)[C@@H](NC(C)=O)[C@H]([C@H](O)[C@@H](CO)O[C@]6(C(=O)O)C[C@H](O)[C@@H](N)[C@H]([C@H](O)[C@H](O)COC(C)=O)O6)O5)[C@H]4O)[C@H](O)[C@H]3NC(C)=O)[C@H]2O)[C@@H]1O. The molecule has 8 rings (SSSR count). The van der Waals surface area contributed by atoms with Gasteiger partial charge in [0, 0.05) is 40.5 Å². The summed E-state index contributed by atoms with van der Waals surface area (Å²) in [5.74, 6) is -15.2. The first kappa shape index (κ1) is 93.8. The number of nitrogens with two attached hydrogens (primary N) is 1. The lowest BCUT2D eigenvalue weighted by molar-refractivity contribution is -0.392. The molecule has 0 aromatic heterocycles. The summed E-state index contributed by atoms with van der Waals surface area (Å²) < 4.78 is 90.9. The Labute approximate surface area is 638 Å². The van der Waals surface area contributed by atoms with Crippen LogP contribution in [0.3, 0.4) is 0 Å². The van der Waals surface area contributed by atoms with Gasteiger partial charge in [0.2, 0.25) is 17.7 Å². The minimum Gasteiger partial charge on any atom is -0.477 e. The Bertz CT molecular complexity index is 3110. The Morgan fingerprint density at radius 1 is 0.416 bits per heavy atom. The van der Waals surface area contributed by atoms with Gasteiger partial charge in [-0.2, -0.15) is 0 Å². The van der Waals surface area contributed by atoms with Crippen LogP contribution in [0.25, 0.3) is 0 Å². The van der Waals surface area contributed by atoms with Crippen molar-refractivity contribution in [3.05, 3.63) is 0 Å². The van der Waals surface area contributed by atoms with Gasteiger partial charge in [0.05, 0.1) is 70.5 Å². The van der Waals surface area contributed by atoms with Crippen LogP contribution >= 0.6 is 0 Å². The van der Waals surface area contributed by atoms with Gasteiger partial charge in [0.25, 0.3) is 11.6 Å². The molecule has 0 aromatic carbocycles. The molecule has 0 unspecified atom stereocenters. The summed E-state index contributed by atoms with van der Waals surface area (Å²) >= 11 is 0. The highest BCUT2D eigenvalue weighted by atomic mass is 16.8. The first-order valence-corrected chi connectivity index (χ1v) is 35.4. The molecule has 652 valence electrons. The molecule has 0 aliphatic carbocycles. The van der Waals surface area contributed by atoms with E-state index in [-0.39, 0.29) is 0 Å². The minimum absolute atomic E-state index is 0.864. The van der Waals surface area contributed by atoms with Crippen molar-refractivity contribution in [2.24, 2.45) is 5.73 Å². The fraction of sp³-hybridized carbons (Fsp3) is 0.903. The number of aliphatic carboxylic acids is 2. The molecule has 113 heavy (non-hydrogen) atoms. The topological polar surface area (TPSA) is 818 Å². The van der Waals surface area contributed by atoms with E-state index in [1.54, 1.807) is 0 Å². The Balaban J connectivity index is 1.01. The average molecular weight is 1660 g/mol. The summed E-state index contributed by atoms with van der Waals surface area (Å²) in [5.41, 5.74) is 6.02. The van der Waals surface area contributed by atoms with Crippen LogP contribution in [0.2, 0.25) is 0 Å². The molecule has 8 aliphatic heterocycles. The number of aliphatic hydroxyl groups is 23. The smallest absolute Gasteiger partial charge is 0.364 e. The van der Waals surface area contributed by atoms with Gasteiger partial charge in [-0.05, 0) is 0 Å². The quantitative estimate of drug-likeness (QED) is 0.0278. The van der Waals surface area contributed by atoms with Crippen LogP contribution in [0, 0.1) is 0 Å². The zero-order valence-corrected chi connectivity index (χ0v) is 60.4. The molecule has 0 radical (unpaired) electrons. The Morgan fingerprint density at radius 3 is 1.18 bits per heavy atom. The molecule has 0 spiro atoms. The fourth-order valence-corrected chi connectivity index (χ4v) is 14.3. The van der Waals surface area contributed by atoms with Crippen molar-refractivity contribution >= 4 is 35.6 Å². The zero-order chi connectivity index (χ0) is 84.1. The Kier molecular flexibility index (Phi) is 33.1. The second kappa shape index (κ2) is 39.9. The number of hydrogen-bond acceptors (Lipinski definition) is 46. The van der Waals surface area contributed by atoms with E-state index in [1.165, 1.54) is 0 Å². The van der Waals surface area contributed by atoms with Gasteiger partial charge in [-0.25, -0.2) is 9.59 Å². The molecule has 0 bridgehead atoms. The molecule has 30 N–H and O–H groups in total. The fourth-order valence-electron chi connectivity index (χ4n) is 14.3. The number of nitrogens with one attached hydrogen (secondary N) is 3. The average Bonchev–Trinajstić information content (AvgIpc) is 0.748. The van der Waals surface area contributed by atoms with E-state index in [2.05, 4.69) is 20.7 Å². The van der Waals surface area contributed by atoms with E-state index in [0.29, 0.717) is 0 Å². The number of esters is 1. The minimum atomic E-state index is -3.53. The highest BCUT2D eigenvalue weighted by molar-refractivity contribution is 5.77. The third-order valence-corrected chi connectivity index (χ3v) is 20.2. The molecule has 3 amide bonds. The number of ether oxygens (including phenoxy) is 16. The summed E-state index contributed by atoms with van der Waals surface area (Å²) in [6.07, 6.45) is -80.7. The second-order valence-electron chi connectivity index (χ2n) is 28.1. The monoisotopic (exact) mass is 1650 g/mol. The maximum atomic E-state index is 13.7. The Morgan fingerprint density at radius 2 is 0.779 bits per heavy atom. The molecule has 0 saturated carbocycles. The van der Waals surface area contributed by atoms with Gasteiger partial charge in [-0.3, -0.25) is 19.2 Å². The van der Waals surface area contributed by atoms with Gasteiger partial charge in [-0.15, -0.1) is 0 Å². The van der Waals surface area contributed by atoms with Crippen LogP contribution < -0.4 is 21.7 Å². The summed E-state index contributed by atoms with van der Waals surface area (Å²) in [6, 6.07) is -7.73. The van der Waals surface area contributed by atoms with E-state index in [9.17, 15) is 156 Å². The normalized spacial score (nSPS) is 45.6. The molecule has 8 saturated heterocycles. The van der Waals surface area contributed by atoms with Crippen molar-refractivity contribution < 1.29 is 232 Å². The summed E-state index contributed by atoms with van der Waals surface area (Å²) in [4.78, 5) is 76.7. The van der Waals surface area contributed by atoms with Crippen LogP contribution in [0.1, 0.15) is 40.5 Å². The first-order chi connectivity index (χ1) is 53.1. The van der Waals surface area contributed by atoms with E-state index in [1.807, 2.05) is 0 Å². The Hall–Kier alpha value is -4.74. The lowest BCUT2D eigenvalue weighted by Gasteiger charge is -2.52. The molecule has 8 heterocycles. The highest BCUT2D eigenvalue weighted by Crippen LogP contribution is 2.43. The summed E-state index contributed by atoms with van der Waals surface area (Å²) in [5, 5.41) is 284. The van der Waals surface area contributed by atoms with Crippen LogP contribution in [-0.4, -0.2) is 473 Å². The van der Waals surface area contributed by atoms with E-state index in [4.69, 9.17) is 76.8 Å². The molecule has 0 aromatic rings. The number of aliphatic hydroxyl groups excluding tert-OH is 23. The van der Waals surface area contributed by atoms with E-state index < -0.39 is 358 Å². The number of hydrogen-bond donors (Lipinski definition) is 29. The number of carboxylic acid groups (broad SMARTS) is 2. The summed E-state index contributed by atoms with van der Waals surface area (Å²) in [7, 11) is 0. The maximum absolute atomic E-state index is 13.7. The zero-order valence-electron chi connectivity index (χ0n) is 60.4. The number of carbonyl (C=O) groups is 6. The van der Waals surface area contributed by atoms with Crippen molar-refractivity contribution in [1.82, 2.24) is 16.0 Å². The van der Waals surface area contributed by atoms with Crippen LogP contribution in [0.4, 0.5) is 0 Å². The number of rotatable bonds is 32. The van der Waals surface area contributed by atoms with Crippen molar-refractivity contribution in [1.29, 1.82) is 0 Å². The third kappa shape index (κ3) is 20.6. The third-order valence-electron chi connectivity index (χ3n) is 20.2. The van der Waals surface area contributed by atoms with Gasteiger partial charge in [-0.1, -0.05) is 0 Å². The molecule has 8 fully saturated rings. The molecular weight excluding hydrogens is 1550 g/mol. The second-order valence-corrected chi connectivity index (χ2v) is 28.1. The highest BCUT2D eigenvalue weighted by Gasteiger charge is 2.64. The lowest BCUT2D eigenvalue weighted by Crippen LogP contribution is -2.72. The van der Waals surface area contributed by atoms with Gasteiger partial charge in [0.1, 0.15) is 190 Å². The van der Waals surface area contributed by atoms with E-state index in [0.717, 1.165) is 27.7 Å². The van der Waals surface area contributed by atoms with Crippen LogP contribution in [0.5, 0.6) is 0 Å². The molecule has 51 heteroatoms. The molecular formula is C62H102N4O47. The van der Waals surface area contributed by atoms with Crippen LogP contribution in [-0.2, 0) is 105 Å². The van der Waals surface area contributed by atoms with Gasteiger partial charge in [0.15, 0.2) is 37.7 Å². The predicted molar refractivity (Wildman–Crippen MR) is 345 cm³/mol. The molecule has 42 atom stereocenters. The van der Waals surface area contributed by atoms with Crippen LogP contribution in [0.15, 0.2) is 0 Å². The van der Waals surface area contributed by atoms with Crippen molar-refractivity contribution in [3.8, 4) is 0 Å². The van der Waals surface area contributed by atoms with Gasteiger partial charge < -0.3 is 225 Å². The maximum Gasteiger partial charge on any atom is 0.364 e. The first-order valence-electron chi connectivity index (χ1n) is 35.4. The van der Waals surface area contributed by atoms with Crippen molar-refractivity contribution in [3.63, 3.8) is 0 Å². The molecule has 51 nitrogen and oxygen atoms in total. The van der Waals surface area contributed by atoms with Gasteiger partial charge >= 0.3 is 17.9 Å².